The normalized spacial score (nSPS) is 18.4. The standard InChI is InChI=1S/C20H33N3O3S/c1-16(15-20(2,3)18-9-7-6-8-10-18)21-19(24)17-11-13-23(14-12-17)27(25,26)22(4)5/h6-10,16-17H,11-15H2,1-5H3,(H,21,24)/t16-/m1/s1. The van der Waals surface area contributed by atoms with E-state index < -0.39 is 10.2 Å². The minimum absolute atomic E-state index is 0.0306. The molecule has 152 valence electrons. The van der Waals surface area contributed by atoms with E-state index >= 15 is 0 Å². The molecule has 2 rings (SSSR count). The molecule has 1 aliphatic rings. The van der Waals surface area contributed by atoms with Gasteiger partial charge in [0.25, 0.3) is 10.2 Å². The Morgan fingerprint density at radius 3 is 2.30 bits per heavy atom. The highest BCUT2D eigenvalue weighted by atomic mass is 32.2. The molecule has 0 saturated carbocycles. The van der Waals surface area contributed by atoms with Crippen molar-refractivity contribution in [2.75, 3.05) is 27.2 Å². The average Bonchev–Trinajstić information content (AvgIpc) is 2.61. The first-order valence-corrected chi connectivity index (χ1v) is 11.0. The van der Waals surface area contributed by atoms with Gasteiger partial charge in [-0.15, -0.1) is 0 Å². The first-order valence-electron chi connectivity index (χ1n) is 9.57. The molecule has 0 bridgehead atoms. The molecule has 1 amide bonds. The highest BCUT2D eigenvalue weighted by Gasteiger charge is 2.33. The third-order valence-electron chi connectivity index (χ3n) is 5.37. The first kappa shape index (κ1) is 21.9. The molecule has 0 aliphatic carbocycles. The van der Waals surface area contributed by atoms with E-state index in [2.05, 4.69) is 31.3 Å². The number of hydrogen-bond donors (Lipinski definition) is 1. The number of hydrogen-bond acceptors (Lipinski definition) is 3. The number of nitrogens with zero attached hydrogens (tertiary/aromatic N) is 2. The van der Waals surface area contributed by atoms with Gasteiger partial charge in [0.15, 0.2) is 0 Å². The number of rotatable bonds is 7. The monoisotopic (exact) mass is 395 g/mol. The lowest BCUT2D eigenvalue weighted by Gasteiger charge is -2.33. The van der Waals surface area contributed by atoms with Crippen LogP contribution in [0.15, 0.2) is 30.3 Å². The third kappa shape index (κ3) is 5.53. The van der Waals surface area contributed by atoms with Crippen LogP contribution in [0.25, 0.3) is 0 Å². The molecule has 0 unspecified atom stereocenters. The van der Waals surface area contributed by atoms with Crippen molar-refractivity contribution < 1.29 is 13.2 Å². The maximum absolute atomic E-state index is 12.6. The van der Waals surface area contributed by atoms with Crippen molar-refractivity contribution >= 4 is 16.1 Å². The molecule has 1 aliphatic heterocycles. The smallest absolute Gasteiger partial charge is 0.281 e. The van der Waals surface area contributed by atoms with Crippen molar-refractivity contribution in [3.8, 4) is 0 Å². The quantitative estimate of drug-likeness (QED) is 0.771. The Bertz CT molecular complexity index is 724. The van der Waals surface area contributed by atoms with E-state index in [0.29, 0.717) is 25.9 Å². The van der Waals surface area contributed by atoms with Gasteiger partial charge >= 0.3 is 0 Å². The Morgan fingerprint density at radius 1 is 1.22 bits per heavy atom. The van der Waals surface area contributed by atoms with Gasteiger partial charge in [0, 0.05) is 39.1 Å². The first-order chi connectivity index (χ1) is 12.5. The second-order valence-corrected chi connectivity index (χ2v) is 10.5. The summed E-state index contributed by atoms with van der Waals surface area (Å²) >= 11 is 0. The second-order valence-electron chi connectivity index (χ2n) is 8.33. The van der Waals surface area contributed by atoms with Gasteiger partial charge in [-0.2, -0.15) is 17.0 Å². The highest BCUT2D eigenvalue weighted by molar-refractivity contribution is 7.86. The molecule has 1 fully saturated rings. The van der Waals surface area contributed by atoms with Crippen molar-refractivity contribution in [3.63, 3.8) is 0 Å². The maximum atomic E-state index is 12.6. The largest absolute Gasteiger partial charge is 0.353 e. The van der Waals surface area contributed by atoms with Gasteiger partial charge in [0.2, 0.25) is 5.91 Å². The Hall–Kier alpha value is -1.44. The fourth-order valence-corrected chi connectivity index (χ4v) is 4.90. The fourth-order valence-electron chi connectivity index (χ4n) is 3.76. The zero-order chi connectivity index (χ0) is 20.2. The van der Waals surface area contributed by atoms with E-state index in [-0.39, 0.29) is 23.3 Å². The molecule has 1 atom stereocenters. The van der Waals surface area contributed by atoms with Crippen molar-refractivity contribution in [3.05, 3.63) is 35.9 Å². The van der Waals surface area contributed by atoms with Gasteiger partial charge in [-0.25, -0.2) is 0 Å². The SMILES string of the molecule is C[C@H](CC(C)(C)c1ccccc1)NC(=O)C1CCN(S(=O)(=O)N(C)C)CC1. The Morgan fingerprint density at radius 2 is 1.78 bits per heavy atom. The molecule has 1 aromatic rings. The molecule has 1 saturated heterocycles. The van der Waals surface area contributed by atoms with Crippen molar-refractivity contribution in [1.82, 2.24) is 13.9 Å². The molecule has 0 radical (unpaired) electrons. The van der Waals surface area contributed by atoms with Crippen LogP contribution in [0.5, 0.6) is 0 Å². The zero-order valence-corrected chi connectivity index (χ0v) is 17.9. The van der Waals surface area contributed by atoms with Gasteiger partial charge < -0.3 is 5.32 Å². The summed E-state index contributed by atoms with van der Waals surface area (Å²) in [6, 6.07) is 10.4. The van der Waals surface area contributed by atoms with Crippen LogP contribution in [0.3, 0.4) is 0 Å². The minimum Gasteiger partial charge on any atom is -0.353 e. The van der Waals surface area contributed by atoms with E-state index in [1.807, 2.05) is 25.1 Å². The Balaban J connectivity index is 1.87. The third-order valence-corrected chi connectivity index (χ3v) is 7.31. The number of benzene rings is 1. The van der Waals surface area contributed by atoms with Crippen LogP contribution < -0.4 is 5.32 Å². The number of carbonyl (C=O) groups excluding carboxylic acids is 1. The van der Waals surface area contributed by atoms with Gasteiger partial charge in [0.05, 0.1) is 0 Å². The number of nitrogens with one attached hydrogen (secondary N) is 1. The van der Waals surface area contributed by atoms with Gasteiger partial charge in [-0.05, 0) is 37.2 Å². The summed E-state index contributed by atoms with van der Waals surface area (Å²) in [5.74, 6) is -0.0887. The highest BCUT2D eigenvalue weighted by Crippen LogP contribution is 2.28. The fraction of sp³-hybridized carbons (Fsp3) is 0.650. The van der Waals surface area contributed by atoms with Gasteiger partial charge in [0.1, 0.15) is 0 Å². The molecule has 7 heteroatoms. The van der Waals surface area contributed by atoms with Crippen LogP contribution in [0, 0.1) is 5.92 Å². The second kappa shape index (κ2) is 8.71. The van der Waals surface area contributed by atoms with Crippen LogP contribution in [-0.4, -0.2) is 56.2 Å². The van der Waals surface area contributed by atoms with Crippen LogP contribution in [0.1, 0.15) is 45.6 Å². The lowest BCUT2D eigenvalue weighted by Crippen LogP contribution is -2.48. The number of carbonyl (C=O) groups is 1. The molecule has 1 N–H and O–H groups in total. The van der Waals surface area contributed by atoms with Crippen molar-refractivity contribution in [2.45, 2.75) is 51.5 Å². The summed E-state index contributed by atoms with van der Waals surface area (Å²) < 4.78 is 27.0. The maximum Gasteiger partial charge on any atom is 0.281 e. The predicted molar refractivity (Wildman–Crippen MR) is 109 cm³/mol. The van der Waals surface area contributed by atoms with Gasteiger partial charge in [-0.3, -0.25) is 4.79 Å². The zero-order valence-electron chi connectivity index (χ0n) is 17.1. The van der Waals surface area contributed by atoms with Crippen LogP contribution >= 0.6 is 0 Å². The molecule has 0 aromatic heterocycles. The summed E-state index contributed by atoms with van der Waals surface area (Å²) in [6.45, 7) is 7.20. The molecule has 0 spiro atoms. The van der Waals surface area contributed by atoms with E-state index in [4.69, 9.17) is 0 Å². The Labute approximate surface area is 164 Å². The van der Waals surface area contributed by atoms with E-state index in [0.717, 1.165) is 6.42 Å². The topological polar surface area (TPSA) is 69.7 Å². The van der Waals surface area contributed by atoms with Gasteiger partial charge in [-0.1, -0.05) is 44.2 Å². The number of piperidine rings is 1. The van der Waals surface area contributed by atoms with Crippen molar-refractivity contribution in [2.24, 2.45) is 5.92 Å². The van der Waals surface area contributed by atoms with E-state index in [1.54, 1.807) is 0 Å². The molecule has 1 heterocycles. The summed E-state index contributed by atoms with van der Waals surface area (Å²) in [5.41, 5.74) is 1.23. The molecular formula is C20H33N3O3S. The van der Waals surface area contributed by atoms with Crippen LogP contribution in [-0.2, 0) is 20.4 Å². The summed E-state index contributed by atoms with van der Waals surface area (Å²) in [7, 11) is -0.328. The number of amides is 1. The molecule has 6 nitrogen and oxygen atoms in total. The Kier molecular flexibility index (Phi) is 7.05. The molecule has 27 heavy (non-hydrogen) atoms. The molecular weight excluding hydrogens is 362 g/mol. The average molecular weight is 396 g/mol. The predicted octanol–water partition coefficient (Wildman–Crippen LogP) is 2.38. The summed E-state index contributed by atoms with van der Waals surface area (Å²) in [6.07, 6.45) is 1.97. The van der Waals surface area contributed by atoms with Crippen LogP contribution in [0.4, 0.5) is 0 Å². The molecule has 1 aromatic carbocycles. The minimum atomic E-state index is -3.39. The van der Waals surface area contributed by atoms with E-state index in [9.17, 15) is 13.2 Å². The van der Waals surface area contributed by atoms with Crippen LogP contribution in [0.2, 0.25) is 0 Å². The van der Waals surface area contributed by atoms with E-state index in [1.165, 1.54) is 28.3 Å². The lowest BCUT2D eigenvalue weighted by atomic mass is 9.79. The van der Waals surface area contributed by atoms with Crippen molar-refractivity contribution in [1.29, 1.82) is 0 Å². The summed E-state index contributed by atoms with van der Waals surface area (Å²) in [4.78, 5) is 12.6. The summed E-state index contributed by atoms with van der Waals surface area (Å²) in [5, 5.41) is 3.13. The lowest BCUT2D eigenvalue weighted by molar-refractivity contribution is -0.126.